The van der Waals surface area contributed by atoms with E-state index < -0.39 is 5.97 Å². The van der Waals surface area contributed by atoms with Gasteiger partial charge in [-0.2, -0.15) is 0 Å². The number of halogens is 1. The Labute approximate surface area is 146 Å². The van der Waals surface area contributed by atoms with Gasteiger partial charge < -0.3 is 14.5 Å². The standard InChI is InChI=1S/C21H20FNO2/c22-18-8-6-17(7-9-18)20-12-10-19(11-13-21(24)25)23(20)15-14-16-4-2-1-3-5-16/h1-10,12H,11,13-15H2,(H,24,25)/p-1. The highest BCUT2D eigenvalue weighted by molar-refractivity contribution is 5.65. The Hall–Kier alpha value is -2.88. The Balaban J connectivity index is 1.88. The second kappa shape index (κ2) is 7.79. The van der Waals surface area contributed by atoms with Gasteiger partial charge in [-0.05, 0) is 66.8 Å². The van der Waals surface area contributed by atoms with E-state index in [1.807, 2.05) is 30.3 Å². The molecule has 0 N–H and O–H groups in total. The number of carbonyl (C=O) groups excluding carboxylic acids is 1. The molecule has 3 rings (SSSR count). The summed E-state index contributed by atoms with van der Waals surface area (Å²) in [7, 11) is 0. The molecule has 1 aromatic heterocycles. The van der Waals surface area contributed by atoms with Crippen molar-refractivity contribution in [2.24, 2.45) is 0 Å². The lowest BCUT2D eigenvalue weighted by atomic mass is 10.1. The van der Waals surface area contributed by atoms with Crippen LogP contribution in [0.25, 0.3) is 11.3 Å². The number of aromatic nitrogens is 1. The number of carbonyl (C=O) groups is 1. The first kappa shape index (κ1) is 17.0. The van der Waals surface area contributed by atoms with Crippen molar-refractivity contribution in [2.75, 3.05) is 0 Å². The summed E-state index contributed by atoms with van der Waals surface area (Å²) in [6.45, 7) is 0.728. The summed E-state index contributed by atoms with van der Waals surface area (Å²) in [5, 5.41) is 10.8. The van der Waals surface area contributed by atoms with Gasteiger partial charge in [-0.1, -0.05) is 30.3 Å². The first-order valence-corrected chi connectivity index (χ1v) is 8.31. The van der Waals surface area contributed by atoms with E-state index in [0.29, 0.717) is 6.42 Å². The minimum absolute atomic E-state index is 0.0157. The second-order valence-corrected chi connectivity index (χ2v) is 5.98. The van der Waals surface area contributed by atoms with Crippen molar-refractivity contribution in [3.63, 3.8) is 0 Å². The highest BCUT2D eigenvalue weighted by atomic mass is 19.1. The average Bonchev–Trinajstić information content (AvgIpc) is 3.02. The number of carboxylic acid groups (broad SMARTS) is 1. The van der Waals surface area contributed by atoms with E-state index in [2.05, 4.69) is 16.7 Å². The average molecular weight is 336 g/mol. The van der Waals surface area contributed by atoms with Gasteiger partial charge in [0.25, 0.3) is 0 Å². The number of benzene rings is 2. The summed E-state index contributed by atoms with van der Waals surface area (Å²) in [5.41, 5.74) is 4.03. The minimum atomic E-state index is -1.06. The molecule has 3 nitrogen and oxygen atoms in total. The van der Waals surface area contributed by atoms with E-state index in [0.717, 1.165) is 29.9 Å². The lowest BCUT2D eigenvalue weighted by Crippen LogP contribution is -2.23. The van der Waals surface area contributed by atoms with Crippen LogP contribution in [0.3, 0.4) is 0 Å². The zero-order chi connectivity index (χ0) is 17.6. The van der Waals surface area contributed by atoms with Crippen LogP contribution in [-0.2, 0) is 24.2 Å². The second-order valence-electron chi connectivity index (χ2n) is 5.98. The van der Waals surface area contributed by atoms with E-state index in [1.54, 1.807) is 12.1 Å². The molecule has 3 aromatic rings. The Morgan fingerprint density at radius 1 is 0.920 bits per heavy atom. The van der Waals surface area contributed by atoms with Gasteiger partial charge in [0, 0.05) is 23.9 Å². The highest BCUT2D eigenvalue weighted by Gasteiger charge is 2.10. The van der Waals surface area contributed by atoms with Gasteiger partial charge >= 0.3 is 0 Å². The maximum atomic E-state index is 13.2. The summed E-state index contributed by atoms with van der Waals surface area (Å²) in [6, 6.07) is 20.4. The van der Waals surface area contributed by atoms with E-state index in [4.69, 9.17) is 0 Å². The van der Waals surface area contributed by atoms with Gasteiger partial charge in [-0.25, -0.2) is 4.39 Å². The molecule has 128 valence electrons. The van der Waals surface area contributed by atoms with E-state index in [-0.39, 0.29) is 12.2 Å². The molecule has 25 heavy (non-hydrogen) atoms. The van der Waals surface area contributed by atoms with E-state index in [1.165, 1.54) is 17.7 Å². The fourth-order valence-electron chi connectivity index (χ4n) is 2.98. The van der Waals surface area contributed by atoms with Crippen molar-refractivity contribution >= 4 is 5.97 Å². The van der Waals surface area contributed by atoms with Gasteiger partial charge in [0.15, 0.2) is 0 Å². The molecule has 0 aliphatic heterocycles. The van der Waals surface area contributed by atoms with Gasteiger partial charge in [-0.15, -0.1) is 0 Å². The molecule has 0 saturated carbocycles. The smallest absolute Gasteiger partial charge is 0.123 e. The maximum Gasteiger partial charge on any atom is 0.123 e. The van der Waals surface area contributed by atoms with Crippen LogP contribution in [0, 0.1) is 5.82 Å². The molecule has 0 unspecified atom stereocenters. The van der Waals surface area contributed by atoms with Crippen LogP contribution >= 0.6 is 0 Å². The van der Waals surface area contributed by atoms with Crippen LogP contribution in [0.1, 0.15) is 17.7 Å². The molecule has 0 saturated heterocycles. The maximum absolute atomic E-state index is 13.2. The molecule has 0 atom stereocenters. The van der Waals surface area contributed by atoms with Crippen molar-refractivity contribution in [1.82, 2.24) is 4.57 Å². The van der Waals surface area contributed by atoms with Crippen LogP contribution in [0.5, 0.6) is 0 Å². The van der Waals surface area contributed by atoms with E-state index >= 15 is 0 Å². The third kappa shape index (κ3) is 4.35. The number of rotatable bonds is 7. The number of aryl methyl sites for hydroxylation is 2. The SMILES string of the molecule is O=C([O-])CCc1ccc(-c2ccc(F)cc2)n1CCc1ccccc1. The Morgan fingerprint density at radius 3 is 2.32 bits per heavy atom. The summed E-state index contributed by atoms with van der Waals surface area (Å²) in [6.07, 6.45) is 1.23. The van der Waals surface area contributed by atoms with Crippen LogP contribution in [0.15, 0.2) is 66.7 Å². The number of carboxylic acids is 1. The lowest BCUT2D eigenvalue weighted by molar-refractivity contribution is -0.305. The normalized spacial score (nSPS) is 10.8. The lowest BCUT2D eigenvalue weighted by Gasteiger charge is -2.14. The largest absolute Gasteiger partial charge is 0.550 e. The van der Waals surface area contributed by atoms with Crippen LogP contribution in [0.2, 0.25) is 0 Å². The number of hydrogen-bond acceptors (Lipinski definition) is 2. The molecule has 0 amide bonds. The van der Waals surface area contributed by atoms with Gasteiger partial charge in [0.05, 0.1) is 0 Å². The molecule has 0 aliphatic rings. The molecule has 1 heterocycles. The monoisotopic (exact) mass is 336 g/mol. The molecule has 0 radical (unpaired) electrons. The molecule has 0 bridgehead atoms. The van der Waals surface area contributed by atoms with Gasteiger partial charge in [0.2, 0.25) is 0 Å². The fraction of sp³-hybridized carbons (Fsp3) is 0.190. The molecule has 4 heteroatoms. The third-order valence-corrected chi connectivity index (χ3v) is 4.26. The topological polar surface area (TPSA) is 45.1 Å². The summed E-state index contributed by atoms with van der Waals surface area (Å²) >= 11 is 0. The molecular formula is C21H19FNO2-. The van der Waals surface area contributed by atoms with Crippen LogP contribution in [0.4, 0.5) is 4.39 Å². The predicted octanol–water partition coefficient (Wildman–Crippen LogP) is 3.22. The van der Waals surface area contributed by atoms with Crippen LogP contribution < -0.4 is 5.11 Å². The molecule has 0 aliphatic carbocycles. The summed E-state index contributed by atoms with van der Waals surface area (Å²) < 4.78 is 15.3. The zero-order valence-corrected chi connectivity index (χ0v) is 13.8. The predicted molar refractivity (Wildman–Crippen MR) is 93.3 cm³/mol. The number of aliphatic carboxylic acids is 1. The first-order valence-electron chi connectivity index (χ1n) is 8.31. The minimum Gasteiger partial charge on any atom is -0.550 e. The fourth-order valence-corrected chi connectivity index (χ4v) is 2.98. The number of nitrogens with zero attached hydrogens (tertiary/aromatic N) is 1. The van der Waals surface area contributed by atoms with Crippen LogP contribution in [-0.4, -0.2) is 10.5 Å². The Kier molecular flexibility index (Phi) is 5.29. The summed E-state index contributed by atoms with van der Waals surface area (Å²) in [5.74, 6) is -1.33. The van der Waals surface area contributed by atoms with Crippen molar-refractivity contribution in [3.8, 4) is 11.3 Å². The third-order valence-electron chi connectivity index (χ3n) is 4.26. The van der Waals surface area contributed by atoms with Gasteiger partial charge in [-0.3, -0.25) is 0 Å². The quantitative estimate of drug-likeness (QED) is 0.665. The first-order chi connectivity index (χ1) is 12.1. The molecule has 2 aromatic carbocycles. The molecule has 0 fully saturated rings. The van der Waals surface area contributed by atoms with Crippen molar-refractivity contribution < 1.29 is 14.3 Å². The number of hydrogen-bond donors (Lipinski definition) is 0. The van der Waals surface area contributed by atoms with E-state index in [9.17, 15) is 14.3 Å². The highest BCUT2D eigenvalue weighted by Crippen LogP contribution is 2.24. The molecular weight excluding hydrogens is 317 g/mol. The van der Waals surface area contributed by atoms with Crippen molar-refractivity contribution in [3.05, 3.63) is 83.8 Å². The molecule has 0 spiro atoms. The van der Waals surface area contributed by atoms with Crippen molar-refractivity contribution in [1.29, 1.82) is 0 Å². The zero-order valence-electron chi connectivity index (χ0n) is 13.8. The van der Waals surface area contributed by atoms with Gasteiger partial charge in [0.1, 0.15) is 5.82 Å². The Bertz CT molecular complexity index is 838. The Morgan fingerprint density at radius 2 is 1.64 bits per heavy atom. The summed E-state index contributed by atoms with van der Waals surface area (Å²) in [4.78, 5) is 10.8. The van der Waals surface area contributed by atoms with Crippen molar-refractivity contribution in [2.45, 2.75) is 25.8 Å².